The van der Waals surface area contributed by atoms with Crippen molar-refractivity contribution >= 4 is 5.91 Å². The first-order chi connectivity index (χ1) is 10.6. The second-order valence-corrected chi connectivity index (χ2v) is 8.61. The van der Waals surface area contributed by atoms with Gasteiger partial charge < -0.3 is 15.0 Å². The molecule has 1 atom stereocenters. The van der Waals surface area contributed by atoms with Gasteiger partial charge in [-0.1, -0.05) is 0 Å². The second-order valence-electron chi connectivity index (χ2n) is 8.61. The van der Waals surface area contributed by atoms with Crippen LogP contribution in [0.5, 0.6) is 0 Å². The Balaban J connectivity index is 1.35. The van der Waals surface area contributed by atoms with Crippen LogP contribution in [0.15, 0.2) is 0 Å². The Bertz CT molecular complexity index is 396. The van der Waals surface area contributed by atoms with E-state index in [2.05, 4.69) is 12.2 Å². The number of amides is 1. The molecule has 0 aromatic carbocycles. The van der Waals surface area contributed by atoms with Gasteiger partial charge in [0.25, 0.3) is 5.91 Å². The summed E-state index contributed by atoms with van der Waals surface area (Å²) >= 11 is 0. The van der Waals surface area contributed by atoms with Crippen LogP contribution in [0.3, 0.4) is 0 Å². The summed E-state index contributed by atoms with van der Waals surface area (Å²) in [6.07, 6.45) is 8.51. The molecule has 2 N–H and O–H groups in total. The molecule has 0 spiro atoms. The Kier molecular flexibility index (Phi) is 3.93. The monoisotopic (exact) mass is 307 g/mol. The van der Waals surface area contributed by atoms with E-state index < -0.39 is 0 Å². The summed E-state index contributed by atoms with van der Waals surface area (Å²) in [5.41, 5.74) is 0.421. The SMILES string of the molecule is C[C@@H](NC(=O)C[NH+]1CCOCC1)C12CC3CC(CC(C3)C1)C2. The third-order valence-electron chi connectivity index (χ3n) is 6.99. The van der Waals surface area contributed by atoms with Gasteiger partial charge in [0.2, 0.25) is 0 Å². The zero-order valence-electron chi connectivity index (χ0n) is 13.9. The van der Waals surface area contributed by atoms with Crippen LogP contribution in [0.2, 0.25) is 0 Å². The lowest BCUT2D eigenvalue weighted by molar-refractivity contribution is -0.900. The first-order valence-electron chi connectivity index (χ1n) is 9.34. The van der Waals surface area contributed by atoms with Gasteiger partial charge in [-0.25, -0.2) is 0 Å². The quantitative estimate of drug-likeness (QED) is 0.800. The molecule has 5 rings (SSSR count). The molecular formula is C18H31N2O2+. The summed E-state index contributed by atoms with van der Waals surface area (Å²) < 4.78 is 5.37. The van der Waals surface area contributed by atoms with Crippen molar-refractivity contribution in [3.8, 4) is 0 Å². The summed E-state index contributed by atoms with van der Waals surface area (Å²) in [5.74, 6) is 3.11. The van der Waals surface area contributed by atoms with Crippen molar-refractivity contribution in [2.45, 2.75) is 51.5 Å². The van der Waals surface area contributed by atoms with E-state index >= 15 is 0 Å². The first kappa shape index (κ1) is 14.9. The molecule has 1 heterocycles. The largest absolute Gasteiger partial charge is 0.370 e. The average Bonchev–Trinajstić information content (AvgIpc) is 2.46. The van der Waals surface area contributed by atoms with Crippen LogP contribution in [0, 0.1) is 23.2 Å². The molecule has 4 bridgehead atoms. The summed E-state index contributed by atoms with van der Waals surface area (Å²) in [6, 6.07) is 0.355. The molecule has 4 heteroatoms. The van der Waals surface area contributed by atoms with Crippen LogP contribution in [-0.4, -0.2) is 44.8 Å². The highest BCUT2D eigenvalue weighted by Crippen LogP contribution is 2.61. The fourth-order valence-corrected chi connectivity index (χ4v) is 6.22. The number of nitrogens with one attached hydrogen (secondary N) is 2. The minimum Gasteiger partial charge on any atom is -0.370 e. The van der Waals surface area contributed by atoms with Gasteiger partial charge in [0, 0.05) is 6.04 Å². The van der Waals surface area contributed by atoms with E-state index in [0.29, 0.717) is 18.0 Å². The van der Waals surface area contributed by atoms with Crippen LogP contribution in [0.25, 0.3) is 0 Å². The van der Waals surface area contributed by atoms with Crippen LogP contribution in [0.1, 0.15) is 45.4 Å². The number of ether oxygens (including phenoxy) is 1. The Hall–Kier alpha value is -0.610. The molecule has 0 unspecified atom stereocenters. The van der Waals surface area contributed by atoms with Gasteiger partial charge in [0.05, 0.1) is 13.2 Å². The number of hydrogen-bond acceptors (Lipinski definition) is 2. The minimum absolute atomic E-state index is 0.250. The lowest BCUT2D eigenvalue weighted by atomic mass is 9.48. The normalized spacial score (nSPS) is 42.3. The van der Waals surface area contributed by atoms with E-state index in [-0.39, 0.29) is 5.91 Å². The van der Waals surface area contributed by atoms with Gasteiger partial charge in [0.15, 0.2) is 6.54 Å². The van der Waals surface area contributed by atoms with Gasteiger partial charge in [-0.3, -0.25) is 4.79 Å². The summed E-state index contributed by atoms with van der Waals surface area (Å²) in [5, 5.41) is 3.38. The Morgan fingerprint density at radius 3 is 2.23 bits per heavy atom. The number of morpholine rings is 1. The maximum Gasteiger partial charge on any atom is 0.275 e. The summed E-state index contributed by atoms with van der Waals surface area (Å²) in [4.78, 5) is 13.8. The fraction of sp³-hybridized carbons (Fsp3) is 0.944. The van der Waals surface area contributed by atoms with Crippen molar-refractivity contribution in [2.24, 2.45) is 23.2 Å². The van der Waals surface area contributed by atoms with Crippen molar-refractivity contribution in [3.05, 3.63) is 0 Å². The van der Waals surface area contributed by atoms with E-state index in [1.165, 1.54) is 43.4 Å². The molecule has 4 nitrogen and oxygen atoms in total. The van der Waals surface area contributed by atoms with Crippen LogP contribution in [0.4, 0.5) is 0 Å². The standard InChI is InChI=1S/C18H30N2O2/c1-13(19-17(21)12-20-2-4-22-5-3-20)18-9-14-6-15(10-18)8-16(7-14)11-18/h13-16H,2-12H2,1H3,(H,19,21)/p+1/t13-,14?,15?,16?,18?/m1/s1. The predicted molar refractivity (Wildman–Crippen MR) is 84.6 cm³/mol. The maximum atomic E-state index is 12.4. The molecule has 4 aliphatic carbocycles. The summed E-state index contributed by atoms with van der Waals surface area (Å²) in [6.45, 7) is 6.44. The molecular weight excluding hydrogens is 276 g/mol. The predicted octanol–water partition coefficient (Wildman–Crippen LogP) is 0.623. The molecule has 1 aliphatic heterocycles. The number of carbonyl (C=O) groups is 1. The van der Waals surface area contributed by atoms with Crippen LogP contribution < -0.4 is 10.2 Å². The molecule has 1 amide bonds. The summed E-state index contributed by atoms with van der Waals surface area (Å²) in [7, 11) is 0. The zero-order valence-corrected chi connectivity index (χ0v) is 13.9. The van der Waals surface area contributed by atoms with Crippen molar-refractivity contribution in [2.75, 3.05) is 32.8 Å². The molecule has 0 aromatic rings. The fourth-order valence-electron chi connectivity index (χ4n) is 6.22. The van der Waals surface area contributed by atoms with E-state index in [4.69, 9.17) is 4.74 Å². The number of carbonyl (C=O) groups excluding carboxylic acids is 1. The average molecular weight is 307 g/mol. The molecule has 124 valence electrons. The number of quaternary nitrogens is 1. The molecule has 22 heavy (non-hydrogen) atoms. The van der Waals surface area contributed by atoms with Gasteiger partial charge >= 0.3 is 0 Å². The lowest BCUT2D eigenvalue weighted by Crippen LogP contribution is -3.15. The first-order valence-corrected chi connectivity index (χ1v) is 9.34. The van der Waals surface area contributed by atoms with Crippen LogP contribution in [-0.2, 0) is 9.53 Å². The Labute approximate surface area is 134 Å². The molecule has 5 fully saturated rings. The maximum absolute atomic E-state index is 12.4. The van der Waals surface area contributed by atoms with Gasteiger partial charge in [-0.2, -0.15) is 0 Å². The van der Waals surface area contributed by atoms with E-state index in [1.807, 2.05) is 0 Å². The van der Waals surface area contributed by atoms with Crippen molar-refractivity contribution in [1.82, 2.24) is 5.32 Å². The third-order valence-corrected chi connectivity index (χ3v) is 6.99. The molecule has 1 saturated heterocycles. The minimum atomic E-state index is 0.250. The van der Waals surface area contributed by atoms with Gasteiger partial charge in [-0.05, 0) is 68.6 Å². The number of rotatable bonds is 4. The number of hydrogen-bond donors (Lipinski definition) is 2. The van der Waals surface area contributed by atoms with Crippen molar-refractivity contribution < 1.29 is 14.4 Å². The Morgan fingerprint density at radius 1 is 1.14 bits per heavy atom. The van der Waals surface area contributed by atoms with Crippen molar-refractivity contribution in [3.63, 3.8) is 0 Å². The van der Waals surface area contributed by atoms with E-state index in [0.717, 1.165) is 44.1 Å². The van der Waals surface area contributed by atoms with E-state index in [1.54, 1.807) is 0 Å². The zero-order chi connectivity index (χ0) is 15.2. The molecule has 5 aliphatic rings. The lowest BCUT2D eigenvalue weighted by Gasteiger charge is -2.59. The van der Waals surface area contributed by atoms with Crippen LogP contribution >= 0.6 is 0 Å². The Morgan fingerprint density at radius 2 is 1.68 bits per heavy atom. The molecule has 0 aromatic heterocycles. The van der Waals surface area contributed by atoms with Crippen molar-refractivity contribution in [1.29, 1.82) is 0 Å². The molecule has 4 saturated carbocycles. The second kappa shape index (κ2) is 5.79. The highest BCUT2D eigenvalue weighted by atomic mass is 16.5. The smallest absolute Gasteiger partial charge is 0.275 e. The highest BCUT2D eigenvalue weighted by molar-refractivity contribution is 5.77. The third kappa shape index (κ3) is 2.80. The van der Waals surface area contributed by atoms with E-state index in [9.17, 15) is 4.79 Å². The highest BCUT2D eigenvalue weighted by Gasteiger charge is 2.53. The molecule has 0 radical (unpaired) electrons. The topological polar surface area (TPSA) is 42.8 Å². The van der Waals surface area contributed by atoms with Gasteiger partial charge in [-0.15, -0.1) is 0 Å². The van der Waals surface area contributed by atoms with Gasteiger partial charge in [0.1, 0.15) is 13.1 Å².